The van der Waals surface area contributed by atoms with Gasteiger partial charge in [-0.2, -0.15) is 0 Å². The second-order valence-corrected chi connectivity index (χ2v) is 7.45. The summed E-state index contributed by atoms with van der Waals surface area (Å²) in [6, 6.07) is 0. The van der Waals surface area contributed by atoms with Crippen LogP contribution < -0.4 is 0 Å². The maximum absolute atomic E-state index is 8.78. The zero-order chi connectivity index (χ0) is 12.2. The van der Waals surface area contributed by atoms with Crippen LogP contribution in [-0.4, -0.2) is 0 Å². The van der Waals surface area contributed by atoms with Crippen molar-refractivity contribution in [3.05, 3.63) is 0 Å². The van der Waals surface area contributed by atoms with Crippen LogP contribution in [0.2, 0.25) is 0 Å². The number of hydrogen-bond acceptors (Lipinski definition) is 0. The summed E-state index contributed by atoms with van der Waals surface area (Å²) in [6.45, 7) is 11.4. The van der Waals surface area contributed by atoms with Crippen molar-refractivity contribution < 1.29 is 1.37 Å². The molecule has 0 atom stereocenters. The van der Waals surface area contributed by atoms with E-state index in [1.165, 1.54) is 38.5 Å². The van der Waals surface area contributed by atoms with Gasteiger partial charge in [0.25, 0.3) is 0 Å². The molecule has 0 aromatic heterocycles. The molecule has 0 radical (unpaired) electrons. The number of rotatable bonds is 0. The lowest BCUT2D eigenvalue weighted by atomic mass is 9.50. The van der Waals surface area contributed by atoms with E-state index in [2.05, 4.69) is 34.6 Å². The SMILES string of the molecule is [2H]C1(C)C(C)(C)CC2(CCCC2)CC1(C)C. The first kappa shape index (κ1) is 10.2. The third-order valence-corrected chi connectivity index (χ3v) is 5.33. The molecule has 0 unspecified atom stereocenters. The summed E-state index contributed by atoms with van der Waals surface area (Å²) in [5.74, 6) is -0.298. The quantitative estimate of drug-likeness (QED) is 0.525. The molecule has 0 aliphatic heterocycles. The summed E-state index contributed by atoms with van der Waals surface area (Å²) in [4.78, 5) is 0. The molecule has 0 amide bonds. The Kier molecular flexibility index (Phi) is 2.20. The van der Waals surface area contributed by atoms with E-state index in [0.29, 0.717) is 5.41 Å². The van der Waals surface area contributed by atoms with Crippen molar-refractivity contribution >= 4 is 0 Å². The molecule has 0 bridgehead atoms. The first-order chi connectivity index (χ1) is 7.12. The summed E-state index contributed by atoms with van der Waals surface area (Å²) in [5.41, 5.74) is 0.881. The Morgan fingerprint density at radius 3 is 1.73 bits per heavy atom. The molecule has 2 saturated carbocycles. The molecule has 2 rings (SSSR count). The first-order valence-corrected chi connectivity index (χ1v) is 6.62. The molecule has 0 aromatic carbocycles. The fourth-order valence-electron chi connectivity index (χ4n) is 4.60. The Bertz CT molecular complexity index is 258. The molecule has 2 fully saturated rings. The maximum atomic E-state index is 8.78. The predicted octanol–water partition coefficient (Wildman–Crippen LogP) is 5.03. The molecule has 0 nitrogen and oxygen atoms in total. The minimum atomic E-state index is -0.298. The van der Waals surface area contributed by atoms with E-state index in [9.17, 15) is 0 Å². The van der Waals surface area contributed by atoms with Crippen molar-refractivity contribution in [2.24, 2.45) is 22.1 Å². The van der Waals surface area contributed by atoms with Crippen molar-refractivity contribution in [2.75, 3.05) is 0 Å². The van der Waals surface area contributed by atoms with Crippen LogP contribution in [0.5, 0.6) is 0 Å². The minimum absolute atomic E-state index is 0.152. The monoisotopic (exact) mass is 209 g/mol. The molecule has 15 heavy (non-hydrogen) atoms. The van der Waals surface area contributed by atoms with Crippen LogP contribution in [-0.2, 0) is 0 Å². The van der Waals surface area contributed by atoms with E-state index in [-0.39, 0.29) is 16.7 Å². The normalized spacial score (nSPS) is 36.5. The third kappa shape index (κ3) is 1.85. The van der Waals surface area contributed by atoms with Gasteiger partial charge in [-0.1, -0.05) is 47.5 Å². The molecule has 0 aromatic rings. The van der Waals surface area contributed by atoms with Crippen molar-refractivity contribution in [1.82, 2.24) is 0 Å². The topological polar surface area (TPSA) is 0 Å². The summed E-state index contributed by atoms with van der Waals surface area (Å²) in [6.07, 6.45) is 8.19. The van der Waals surface area contributed by atoms with Gasteiger partial charge in [-0.25, -0.2) is 0 Å². The van der Waals surface area contributed by atoms with Crippen LogP contribution in [0.4, 0.5) is 0 Å². The van der Waals surface area contributed by atoms with Crippen LogP contribution in [0.3, 0.4) is 0 Å². The second-order valence-electron chi connectivity index (χ2n) is 7.45. The fraction of sp³-hybridized carbons (Fsp3) is 1.00. The molecule has 0 heteroatoms. The van der Waals surface area contributed by atoms with Crippen molar-refractivity contribution in [1.29, 1.82) is 0 Å². The standard InChI is InChI=1S/C15H28/c1-12-13(2,3)10-15(8-6-7-9-15)11-14(12,4)5/h12H,6-11H2,1-5H3/i12D. The Balaban J connectivity index is 2.36. The van der Waals surface area contributed by atoms with Crippen LogP contribution >= 0.6 is 0 Å². The van der Waals surface area contributed by atoms with Gasteiger partial charge in [0.1, 0.15) is 0 Å². The van der Waals surface area contributed by atoms with Crippen LogP contribution in [0, 0.1) is 22.1 Å². The van der Waals surface area contributed by atoms with E-state index < -0.39 is 0 Å². The highest BCUT2D eigenvalue weighted by atomic mass is 14.6. The maximum Gasteiger partial charge on any atom is 0.0311 e. The van der Waals surface area contributed by atoms with Gasteiger partial charge in [-0.15, -0.1) is 0 Å². The van der Waals surface area contributed by atoms with Gasteiger partial charge in [-0.3, -0.25) is 0 Å². The van der Waals surface area contributed by atoms with E-state index in [4.69, 9.17) is 1.37 Å². The smallest absolute Gasteiger partial charge is 0.0311 e. The Hall–Kier alpha value is 0. The molecule has 2 aliphatic rings. The van der Waals surface area contributed by atoms with Crippen molar-refractivity contribution in [3.8, 4) is 0 Å². The Morgan fingerprint density at radius 2 is 1.33 bits per heavy atom. The molecule has 2 aliphatic carbocycles. The van der Waals surface area contributed by atoms with E-state index in [0.717, 1.165) is 0 Å². The average molecular weight is 209 g/mol. The van der Waals surface area contributed by atoms with Crippen molar-refractivity contribution in [3.63, 3.8) is 0 Å². The zero-order valence-corrected chi connectivity index (χ0v) is 11.2. The zero-order valence-electron chi connectivity index (χ0n) is 12.2. The van der Waals surface area contributed by atoms with E-state index >= 15 is 0 Å². The van der Waals surface area contributed by atoms with Gasteiger partial charge in [0, 0.05) is 1.37 Å². The van der Waals surface area contributed by atoms with Gasteiger partial charge >= 0.3 is 0 Å². The van der Waals surface area contributed by atoms with Gasteiger partial charge in [0.15, 0.2) is 0 Å². The highest BCUT2D eigenvalue weighted by molar-refractivity contribution is 5.02. The summed E-state index contributed by atoms with van der Waals surface area (Å²) >= 11 is 0. The van der Waals surface area contributed by atoms with E-state index in [1.807, 2.05) is 0 Å². The van der Waals surface area contributed by atoms with Gasteiger partial charge in [0.2, 0.25) is 0 Å². The number of hydrogen-bond donors (Lipinski definition) is 0. The van der Waals surface area contributed by atoms with Gasteiger partial charge < -0.3 is 0 Å². The largest absolute Gasteiger partial charge is 0.0615 e. The lowest BCUT2D eigenvalue weighted by Crippen LogP contribution is -2.46. The molecule has 1 spiro atoms. The summed E-state index contributed by atoms with van der Waals surface area (Å²) < 4.78 is 8.78. The first-order valence-electron chi connectivity index (χ1n) is 7.12. The lowest BCUT2D eigenvalue weighted by Gasteiger charge is -2.55. The Labute approximate surface area is 97.2 Å². The molecular weight excluding hydrogens is 180 g/mol. The highest BCUT2D eigenvalue weighted by Gasteiger charge is 2.52. The summed E-state index contributed by atoms with van der Waals surface area (Å²) in [5, 5.41) is 0. The molecule has 88 valence electrons. The molecular formula is C15H28. The van der Waals surface area contributed by atoms with Gasteiger partial charge in [-0.05, 0) is 47.8 Å². The second kappa shape index (κ2) is 3.25. The van der Waals surface area contributed by atoms with Crippen LogP contribution in [0.1, 0.15) is 74.5 Å². The molecule has 0 N–H and O–H groups in total. The lowest BCUT2D eigenvalue weighted by molar-refractivity contribution is -0.0558. The Morgan fingerprint density at radius 1 is 0.933 bits per heavy atom. The predicted molar refractivity (Wildman–Crippen MR) is 66.9 cm³/mol. The minimum Gasteiger partial charge on any atom is -0.0615 e. The third-order valence-electron chi connectivity index (χ3n) is 5.33. The van der Waals surface area contributed by atoms with Crippen LogP contribution in [0.25, 0.3) is 0 Å². The van der Waals surface area contributed by atoms with Crippen molar-refractivity contribution in [2.45, 2.75) is 73.1 Å². The molecule has 0 saturated heterocycles. The van der Waals surface area contributed by atoms with Crippen LogP contribution in [0.15, 0.2) is 0 Å². The fourth-order valence-corrected chi connectivity index (χ4v) is 4.60. The highest BCUT2D eigenvalue weighted by Crippen LogP contribution is 2.62. The average Bonchev–Trinajstić information content (AvgIpc) is 2.48. The molecule has 0 heterocycles. The van der Waals surface area contributed by atoms with E-state index in [1.54, 1.807) is 0 Å². The summed E-state index contributed by atoms with van der Waals surface area (Å²) in [7, 11) is 0. The van der Waals surface area contributed by atoms with Gasteiger partial charge in [0.05, 0.1) is 0 Å².